The molecule has 9 heteroatoms. The number of ether oxygens (including phenoxy) is 3. The molecule has 3 heterocycles. The van der Waals surface area contributed by atoms with Gasteiger partial charge in [0.05, 0.1) is 37.2 Å². The third kappa shape index (κ3) is 10.1. The number of benzene rings is 1. The number of allylic oxidation sites excluding steroid dienone is 1. The number of morpholine rings is 1. The third-order valence-electron chi connectivity index (χ3n) is 7.94. The molecule has 0 radical (unpaired) electrons. The van der Waals surface area contributed by atoms with E-state index in [0.29, 0.717) is 50.4 Å². The van der Waals surface area contributed by atoms with Crippen LogP contribution in [0.25, 0.3) is 0 Å². The number of oxime groups is 1. The number of carbonyl (C=O) groups excluding carboxylic acids is 2. The summed E-state index contributed by atoms with van der Waals surface area (Å²) in [6, 6.07) is 3.98. The van der Waals surface area contributed by atoms with Crippen LogP contribution in [0, 0.1) is 13.8 Å². The van der Waals surface area contributed by atoms with E-state index in [1.165, 1.54) is 0 Å². The number of esters is 1. The van der Waals surface area contributed by atoms with Crippen molar-refractivity contribution in [2.45, 2.75) is 71.5 Å². The number of fused-ring (bicyclic) bond motifs is 1. The molecule has 1 amide bonds. The van der Waals surface area contributed by atoms with E-state index in [-0.39, 0.29) is 30.7 Å². The van der Waals surface area contributed by atoms with Crippen LogP contribution in [0.5, 0.6) is 0 Å². The van der Waals surface area contributed by atoms with Crippen LogP contribution < -0.4 is 0 Å². The smallest absolute Gasteiger partial charge is 0.338 e. The lowest BCUT2D eigenvalue weighted by atomic mass is 9.95. The Morgan fingerprint density at radius 3 is 2.56 bits per heavy atom. The highest BCUT2D eigenvalue weighted by Gasteiger charge is 2.21. The van der Waals surface area contributed by atoms with E-state index in [9.17, 15) is 9.59 Å². The molecule has 0 spiro atoms. The van der Waals surface area contributed by atoms with Crippen LogP contribution in [0.3, 0.4) is 0 Å². The van der Waals surface area contributed by atoms with Crippen molar-refractivity contribution in [2.75, 3.05) is 52.6 Å². The van der Waals surface area contributed by atoms with Crippen LogP contribution in [0.4, 0.5) is 0 Å². The highest BCUT2D eigenvalue weighted by Crippen LogP contribution is 2.22. The minimum atomic E-state index is -0.357. The first-order valence-electron chi connectivity index (χ1n) is 15.5. The van der Waals surface area contributed by atoms with Crippen molar-refractivity contribution < 1.29 is 28.6 Å². The number of amides is 1. The van der Waals surface area contributed by atoms with Gasteiger partial charge in [-0.25, -0.2) is 4.79 Å². The molecule has 2 saturated heterocycles. The Labute approximate surface area is 256 Å². The lowest BCUT2D eigenvalue weighted by Gasteiger charge is -2.30. The first kappa shape index (κ1) is 32.5. The molecule has 3 aliphatic rings. The topological polar surface area (TPSA) is 89.9 Å². The first-order valence-corrected chi connectivity index (χ1v) is 15.5. The molecule has 4 rings (SSSR count). The van der Waals surface area contributed by atoms with Crippen molar-refractivity contribution >= 4 is 17.6 Å². The summed E-state index contributed by atoms with van der Waals surface area (Å²) in [7, 11) is 0. The second kappa shape index (κ2) is 16.4. The fraction of sp³-hybridized carbons (Fsp3) is 0.559. The Hall–Kier alpha value is -3.43. The predicted molar refractivity (Wildman–Crippen MR) is 167 cm³/mol. The maximum absolute atomic E-state index is 13.4. The van der Waals surface area contributed by atoms with Crippen molar-refractivity contribution in [3.63, 3.8) is 0 Å². The van der Waals surface area contributed by atoms with Crippen LogP contribution >= 0.6 is 0 Å². The lowest BCUT2D eigenvalue weighted by molar-refractivity contribution is -0.137. The van der Waals surface area contributed by atoms with Gasteiger partial charge in [0.25, 0.3) is 5.91 Å². The van der Waals surface area contributed by atoms with E-state index in [4.69, 9.17) is 19.0 Å². The molecule has 0 bridgehead atoms. The normalized spacial score (nSPS) is 24.4. The van der Waals surface area contributed by atoms with Gasteiger partial charge >= 0.3 is 5.97 Å². The van der Waals surface area contributed by atoms with Crippen molar-refractivity contribution in [2.24, 2.45) is 5.16 Å². The summed E-state index contributed by atoms with van der Waals surface area (Å²) in [6.45, 7) is 14.9. The molecular formula is C34H47N3O6. The van der Waals surface area contributed by atoms with E-state index in [2.05, 4.69) is 16.6 Å². The van der Waals surface area contributed by atoms with E-state index in [1.807, 2.05) is 62.1 Å². The molecule has 0 aliphatic carbocycles. The average Bonchev–Trinajstić information content (AvgIpc) is 2.99. The van der Waals surface area contributed by atoms with Crippen molar-refractivity contribution in [1.82, 2.24) is 9.80 Å². The molecule has 0 saturated carbocycles. The van der Waals surface area contributed by atoms with E-state index >= 15 is 0 Å². The predicted octanol–water partition coefficient (Wildman–Crippen LogP) is 4.91. The van der Waals surface area contributed by atoms with Gasteiger partial charge in [0.1, 0.15) is 6.10 Å². The number of rotatable bonds is 7. The van der Waals surface area contributed by atoms with E-state index < -0.39 is 0 Å². The van der Waals surface area contributed by atoms with Gasteiger partial charge in [-0.15, -0.1) is 0 Å². The van der Waals surface area contributed by atoms with Gasteiger partial charge < -0.3 is 28.8 Å². The Balaban J connectivity index is 1.53. The molecule has 234 valence electrons. The molecule has 0 N–H and O–H groups in total. The maximum Gasteiger partial charge on any atom is 0.338 e. The van der Waals surface area contributed by atoms with Crippen molar-refractivity contribution in [1.29, 1.82) is 0 Å². The summed E-state index contributed by atoms with van der Waals surface area (Å²) >= 11 is 0. The van der Waals surface area contributed by atoms with Gasteiger partial charge in [-0.05, 0) is 63.7 Å². The fourth-order valence-corrected chi connectivity index (χ4v) is 5.64. The SMILES string of the molecule is C=C(CO[C@@H]1/C=C/C[C@@H](C)OC(=O)c2c(C)cc(C)cc2CC(=NOCC(=O)N2CCCCC2)/C=C/C1)N1CCOCC1. The highest BCUT2D eigenvalue weighted by molar-refractivity contribution is 6.00. The summed E-state index contributed by atoms with van der Waals surface area (Å²) in [6.07, 6.45) is 12.1. The largest absolute Gasteiger partial charge is 0.459 e. The van der Waals surface area contributed by atoms with Gasteiger partial charge in [-0.3, -0.25) is 4.79 Å². The van der Waals surface area contributed by atoms with Gasteiger partial charge in [0, 0.05) is 44.7 Å². The molecule has 9 nitrogen and oxygen atoms in total. The number of piperidine rings is 1. The lowest BCUT2D eigenvalue weighted by Crippen LogP contribution is -2.37. The number of hydrogen-bond donors (Lipinski definition) is 0. The maximum atomic E-state index is 13.4. The average molecular weight is 594 g/mol. The van der Waals surface area contributed by atoms with Crippen LogP contribution in [-0.4, -0.2) is 92.2 Å². The molecule has 0 unspecified atom stereocenters. The molecule has 1 aromatic carbocycles. The summed E-state index contributed by atoms with van der Waals surface area (Å²) < 4.78 is 17.6. The Morgan fingerprint density at radius 2 is 1.79 bits per heavy atom. The van der Waals surface area contributed by atoms with Gasteiger partial charge in [0.15, 0.2) is 6.61 Å². The van der Waals surface area contributed by atoms with Gasteiger partial charge in [-0.2, -0.15) is 0 Å². The zero-order chi connectivity index (χ0) is 30.6. The summed E-state index contributed by atoms with van der Waals surface area (Å²) in [5.74, 6) is -0.415. The second-order valence-electron chi connectivity index (χ2n) is 11.6. The fourth-order valence-electron chi connectivity index (χ4n) is 5.64. The zero-order valence-electron chi connectivity index (χ0n) is 26.0. The van der Waals surface area contributed by atoms with Crippen LogP contribution in [0.15, 0.2) is 53.9 Å². The molecule has 3 aliphatic heterocycles. The number of aryl methyl sites for hydroxylation is 2. The molecule has 2 fully saturated rings. The highest BCUT2D eigenvalue weighted by atomic mass is 16.6. The molecular weight excluding hydrogens is 546 g/mol. The molecule has 0 aromatic heterocycles. The summed E-state index contributed by atoms with van der Waals surface area (Å²) in [5, 5.41) is 4.39. The monoisotopic (exact) mass is 593 g/mol. The number of hydrogen-bond acceptors (Lipinski definition) is 8. The van der Waals surface area contributed by atoms with Crippen LogP contribution in [0.1, 0.15) is 66.1 Å². The molecule has 2 atom stereocenters. The van der Waals surface area contributed by atoms with E-state index in [1.54, 1.807) is 0 Å². The van der Waals surface area contributed by atoms with Crippen LogP contribution in [0.2, 0.25) is 0 Å². The minimum absolute atomic E-state index is 0.0577. The third-order valence-corrected chi connectivity index (χ3v) is 7.94. The summed E-state index contributed by atoms with van der Waals surface area (Å²) in [4.78, 5) is 35.7. The van der Waals surface area contributed by atoms with Crippen molar-refractivity contribution in [3.8, 4) is 0 Å². The quantitative estimate of drug-likeness (QED) is 0.252. The summed E-state index contributed by atoms with van der Waals surface area (Å²) in [5.41, 5.74) is 4.79. The number of carbonyl (C=O) groups is 2. The first-order chi connectivity index (χ1) is 20.8. The minimum Gasteiger partial charge on any atom is -0.459 e. The van der Waals surface area contributed by atoms with E-state index in [0.717, 1.165) is 67.8 Å². The molecule has 1 aromatic rings. The Kier molecular flexibility index (Phi) is 12.4. The zero-order valence-corrected chi connectivity index (χ0v) is 26.0. The standard InChI is InChI=1S/C34H47N3O6/c1-25-20-26(2)33-29(21-25)22-30(35-42-24-32(38)37-14-6-5-7-15-37)11-9-13-31(12-8-10-28(4)43-34(33)39)41-23-27(3)36-16-18-40-19-17-36/h8-9,11-12,20-21,28,31H,3,5-7,10,13-19,22-24H2,1-2,4H3/b11-9+,12-8+,35-30?/t28-,31-/m1/s1. The number of nitrogens with zero attached hydrogens (tertiary/aromatic N) is 3. The second-order valence-corrected chi connectivity index (χ2v) is 11.6. The number of likely N-dealkylation sites (tertiary alicyclic amines) is 1. The molecule has 43 heavy (non-hydrogen) atoms. The van der Waals surface area contributed by atoms with Gasteiger partial charge in [-0.1, -0.05) is 47.7 Å². The van der Waals surface area contributed by atoms with Gasteiger partial charge in [0.2, 0.25) is 0 Å². The Bertz CT molecular complexity index is 1210. The van der Waals surface area contributed by atoms with Crippen molar-refractivity contribution in [3.05, 3.63) is 71.0 Å². The Morgan fingerprint density at radius 1 is 1.02 bits per heavy atom. The van der Waals surface area contributed by atoms with Crippen LogP contribution in [-0.2, 0) is 30.3 Å². The number of cyclic esters (lactones) is 1.